The summed E-state index contributed by atoms with van der Waals surface area (Å²) < 4.78 is 14.4. The Morgan fingerprint density at radius 1 is 1.18 bits per heavy atom. The van der Waals surface area contributed by atoms with Gasteiger partial charge in [0, 0.05) is 6.04 Å². The fraction of sp³-hybridized carbons (Fsp3) is 0.600. The average Bonchev–Trinajstić information content (AvgIpc) is 2.35. The highest BCUT2D eigenvalue weighted by Gasteiger charge is 2.33. The van der Waals surface area contributed by atoms with Crippen LogP contribution in [0.4, 0.5) is 4.39 Å². The second kappa shape index (κ2) is 5.63. The van der Waals surface area contributed by atoms with Crippen molar-refractivity contribution in [3.8, 4) is 0 Å². The maximum atomic E-state index is 14.4. The van der Waals surface area contributed by atoms with Crippen LogP contribution in [0.2, 0.25) is 0 Å². The Bertz CT molecular complexity index is 328. The van der Waals surface area contributed by atoms with Crippen LogP contribution < -0.4 is 5.73 Å². The molecule has 0 spiro atoms. The van der Waals surface area contributed by atoms with Crippen molar-refractivity contribution in [3.63, 3.8) is 0 Å². The zero-order valence-corrected chi connectivity index (χ0v) is 10.4. The Balaban J connectivity index is 1.75. The Morgan fingerprint density at radius 3 is 2.47 bits per heavy atom. The highest BCUT2D eigenvalue weighted by atomic mass is 19.1. The van der Waals surface area contributed by atoms with E-state index in [1.807, 2.05) is 18.2 Å². The van der Waals surface area contributed by atoms with E-state index in [4.69, 9.17) is 5.73 Å². The number of benzene rings is 1. The number of alkyl halides is 1. The van der Waals surface area contributed by atoms with Gasteiger partial charge in [0.15, 0.2) is 0 Å². The highest BCUT2D eigenvalue weighted by molar-refractivity contribution is 5.14. The molecule has 1 aromatic rings. The van der Waals surface area contributed by atoms with Crippen LogP contribution in [0.5, 0.6) is 0 Å². The standard InChI is InChI=1S/C15H22FN/c16-15(11-8-14(17)9-12-15)10-4-7-13-5-2-1-3-6-13/h1-3,5-6,14H,4,7-12,17H2. The number of aryl methyl sites for hydroxylation is 1. The van der Waals surface area contributed by atoms with Gasteiger partial charge in [-0.2, -0.15) is 0 Å². The zero-order valence-electron chi connectivity index (χ0n) is 10.4. The first-order valence-electron chi connectivity index (χ1n) is 6.66. The van der Waals surface area contributed by atoms with E-state index in [9.17, 15) is 4.39 Å². The predicted octanol–water partition coefficient (Wildman–Crippen LogP) is 3.62. The van der Waals surface area contributed by atoms with Gasteiger partial charge in [0.05, 0.1) is 0 Å². The van der Waals surface area contributed by atoms with Gasteiger partial charge in [-0.25, -0.2) is 4.39 Å². The Morgan fingerprint density at radius 2 is 1.82 bits per heavy atom. The minimum Gasteiger partial charge on any atom is -0.328 e. The third-order valence-corrected chi connectivity index (χ3v) is 3.86. The number of nitrogens with two attached hydrogens (primary N) is 1. The van der Waals surface area contributed by atoms with Crippen LogP contribution >= 0.6 is 0 Å². The topological polar surface area (TPSA) is 26.0 Å². The van der Waals surface area contributed by atoms with E-state index >= 15 is 0 Å². The molecule has 0 heterocycles. The van der Waals surface area contributed by atoms with E-state index < -0.39 is 5.67 Å². The van der Waals surface area contributed by atoms with Gasteiger partial charge in [-0.15, -0.1) is 0 Å². The Hall–Kier alpha value is -0.890. The van der Waals surface area contributed by atoms with Crippen molar-refractivity contribution in [2.75, 3.05) is 0 Å². The molecule has 2 heteroatoms. The summed E-state index contributed by atoms with van der Waals surface area (Å²) >= 11 is 0. The van der Waals surface area contributed by atoms with Crippen molar-refractivity contribution >= 4 is 0 Å². The van der Waals surface area contributed by atoms with Crippen molar-refractivity contribution in [3.05, 3.63) is 35.9 Å². The van der Waals surface area contributed by atoms with Gasteiger partial charge in [-0.05, 0) is 50.5 Å². The molecule has 17 heavy (non-hydrogen) atoms. The largest absolute Gasteiger partial charge is 0.328 e. The Labute approximate surface area is 103 Å². The van der Waals surface area contributed by atoms with Gasteiger partial charge < -0.3 is 5.73 Å². The monoisotopic (exact) mass is 235 g/mol. The number of hydrogen-bond donors (Lipinski definition) is 1. The second-order valence-electron chi connectivity index (χ2n) is 5.33. The molecule has 1 aromatic carbocycles. The first kappa shape index (κ1) is 12.6. The van der Waals surface area contributed by atoms with Gasteiger partial charge in [-0.1, -0.05) is 30.3 Å². The third-order valence-electron chi connectivity index (χ3n) is 3.86. The minimum atomic E-state index is -0.940. The summed E-state index contributed by atoms with van der Waals surface area (Å²) in [5.41, 5.74) is 6.18. The van der Waals surface area contributed by atoms with Crippen LogP contribution in [-0.4, -0.2) is 11.7 Å². The van der Waals surface area contributed by atoms with Crippen molar-refractivity contribution < 1.29 is 4.39 Å². The fourth-order valence-electron chi connectivity index (χ4n) is 2.66. The molecule has 2 N–H and O–H groups in total. The summed E-state index contributed by atoms with van der Waals surface area (Å²) in [5, 5.41) is 0. The molecule has 0 unspecified atom stereocenters. The van der Waals surface area contributed by atoms with E-state index in [0.29, 0.717) is 19.3 Å². The lowest BCUT2D eigenvalue weighted by molar-refractivity contribution is 0.0868. The lowest BCUT2D eigenvalue weighted by atomic mass is 9.80. The molecule has 1 aliphatic rings. The molecular weight excluding hydrogens is 213 g/mol. The van der Waals surface area contributed by atoms with Crippen LogP contribution in [0.1, 0.15) is 44.1 Å². The maximum absolute atomic E-state index is 14.4. The van der Waals surface area contributed by atoms with E-state index in [-0.39, 0.29) is 6.04 Å². The van der Waals surface area contributed by atoms with Gasteiger partial charge in [0.25, 0.3) is 0 Å². The molecule has 1 nitrogen and oxygen atoms in total. The van der Waals surface area contributed by atoms with Gasteiger partial charge in [-0.3, -0.25) is 0 Å². The minimum absolute atomic E-state index is 0.230. The summed E-state index contributed by atoms with van der Waals surface area (Å²) in [6.07, 6.45) is 5.62. The number of halogens is 1. The molecule has 0 radical (unpaired) electrons. The molecule has 1 fully saturated rings. The maximum Gasteiger partial charge on any atom is 0.111 e. The molecule has 0 aliphatic heterocycles. The van der Waals surface area contributed by atoms with Crippen LogP contribution in [0.25, 0.3) is 0 Å². The summed E-state index contributed by atoms with van der Waals surface area (Å²) in [5.74, 6) is 0. The van der Waals surface area contributed by atoms with E-state index in [1.165, 1.54) is 5.56 Å². The zero-order chi connectivity index (χ0) is 12.1. The summed E-state index contributed by atoms with van der Waals surface area (Å²) in [7, 11) is 0. The molecule has 1 saturated carbocycles. The van der Waals surface area contributed by atoms with Crippen LogP contribution in [0, 0.1) is 0 Å². The predicted molar refractivity (Wildman–Crippen MR) is 69.7 cm³/mol. The first-order valence-corrected chi connectivity index (χ1v) is 6.66. The summed E-state index contributed by atoms with van der Waals surface area (Å²) in [4.78, 5) is 0. The van der Waals surface area contributed by atoms with Crippen molar-refractivity contribution in [2.45, 2.75) is 56.7 Å². The molecule has 0 atom stereocenters. The van der Waals surface area contributed by atoms with Crippen LogP contribution in [0.3, 0.4) is 0 Å². The SMILES string of the molecule is NC1CCC(F)(CCCc2ccccc2)CC1. The molecule has 0 bridgehead atoms. The molecule has 1 aliphatic carbocycles. The summed E-state index contributed by atoms with van der Waals surface area (Å²) in [6, 6.07) is 10.6. The molecule has 0 saturated heterocycles. The lowest BCUT2D eigenvalue weighted by Gasteiger charge is -2.32. The number of rotatable bonds is 4. The van der Waals surface area contributed by atoms with Crippen molar-refractivity contribution in [1.82, 2.24) is 0 Å². The fourth-order valence-corrected chi connectivity index (χ4v) is 2.66. The van der Waals surface area contributed by atoms with Gasteiger partial charge in [0.1, 0.15) is 5.67 Å². The molecule has 2 rings (SSSR count). The van der Waals surface area contributed by atoms with Crippen LogP contribution in [-0.2, 0) is 6.42 Å². The average molecular weight is 235 g/mol. The number of hydrogen-bond acceptors (Lipinski definition) is 1. The molecule has 0 amide bonds. The summed E-state index contributed by atoms with van der Waals surface area (Å²) in [6.45, 7) is 0. The van der Waals surface area contributed by atoms with Crippen molar-refractivity contribution in [2.24, 2.45) is 5.73 Å². The quantitative estimate of drug-likeness (QED) is 0.847. The Kier molecular flexibility index (Phi) is 4.16. The second-order valence-corrected chi connectivity index (χ2v) is 5.33. The lowest BCUT2D eigenvalue weighted by Crippen LogP contribution is -2.35. The van der Waals surface area contributed by atoms with Gasteiger partial charge >= 0.3 is 0 Å². The van der Waals surface area contributed by atoms with E-state index in [1.54, 1.807) is 0 Å². The van der Waals surface area contributed by atoms with E-state index in [2.05, 4.69) is 12.1 Å². The molecular formula is C15H22FN. The third kappa shape index (κ3) is 3.81. The van der Waals surface area contributed by atoms with E-state index in [0.717, 1.165) is 25.7 Å². The molecule has 94 valence electrons. The smallest absolute Gasteiger partial charge is 0.111 e. The van der Waals surface area contributed by atoms with Crippen LogP contribution in [0.15, 0.2) is 30.3 Å². The highest BCUT2D eigenvalue weighted by Crippen LogP contribution is 2.35. The first-order chi connectivity index (χ1) is 8.18. The van der Waals surface area contributed by atoms with Crippen molar-refractivity contribution in [1.29, 1.82) is 0 Å². The normalized spacial score (nSPS) is 29.2. The van der Waals surface area contributed by atoms with Gasteiger partial charge in [0.2, 0.25) is 0 Å². The molecule has 0 aromatic heterocycles.